The molecule has 21 heavy (non-hydrogen) atoms. The quantitative estimate of drug-likeness (QED) is 0.876. The number of nitrogens with two attached hydrogens (primary N) is 1. The third kappa shape index (κ3) is 2.24. The van der Waals surface area contributed by atoms with Crippen LogP contribution in [0.4, 0.5) is 5.95 Å². The highest BCUT2D eigenvalue weighted by molar-refractivity contribution is 6.35. The number of allylic oxidation sites excluding steroid dienone is 1. The second-order valence-corrected chi connectivity index (χ2v) is 5.39. The molecule has 1 aliphatic heterocycles. The van der Waals surface area contributed by atoms with E-state index < -0.39 is 11.9 Å². The Bertz CT molecular complexity index is 769. The summed E-state index contributed by atoms with van der Waals surface area (Å²) in [6.07, 6.45) is 0. The number of hydrogen-bond donors (Lipinski definition) is 2. The van der Waals surface area contributed by atoms with E-state index in [1.165, 1.54) is 4.68 Å². The van der Waals surface area contributed by atoms with Crippen molar-refractivity contribution in [2.24, 2.45) is 5.73 Å². The van der Waals surface area contributed by atoms with Gasteiger partial charge in [-0.2, -0.15) is 4.68 Å². The number of rotatable bonds is 2. The first kappa shape index (κ1) is 13.8. The van der Waals surface area contributed by atoms with Gasteiger partial charge in [-0.1, -0.05) is 34.4 Å². The van der Waals surface area contributed by atoms with E-state index >= 15 is 0 Å². The molecular formula is C12H10Cl2N6O. The number of carbonyl (C=O) groups excluding carboxylic acids is 1. The SMILES string of the molecule is CC1=C(C(N)=O)[C@H](c2ccc(Cl)cc2Cl)n2nnnc2N1. The van der Waals surface area contributed by atoms with Gasteiger partial charge in [0.25, 0.3) is 0 Å². The van der Waals surface area contributed by atoms with E-state index in [1.54, 1.807) is 25.1 Å². The number of carbonyl (C=O) groups is 1. The van der Waals surface area contributed by atoms with E-state index in [2.05, 4.69) is 20.8 Å². The normalized spacial score (nSPS) is 17.4. The molecule has 1 atom stereocenters. The lowest BCUT2D eigenvalue weighted by Crippen LogP contribution is -2.32. The Balaban J connectivity index is 2.24. The van der Waals surface area contributed by atoms with Gasteiger partial charge in [-0.15, -0.1) is 0 Å². The Kier molecular flexibility index (Phi) is 3.30. The number of tetrazole rings is 1. The van der Waals surface area contributed by atoms with Crippen LogP contribution in [0.15, 0.2) is 29.5 Å². The van der Waals surface area contributed by atoms with Crippen LogP contribution in [0.3, 0.4) is 0 Å². The van der Waals surface area contributed by atoms with Gasteiger partial charge in [0.2, 0.25) is 11.9 Å². The van der Waals surface area contributed by atoms with Crippen LogP contribution < -0.4 is 11.1 Å². The Morgan fingerprint density at radius 2 is 2.19 bits per heavy atom. The van der Waals surface area contributed by atoms with Crippen LogP contribution in [0.25, 0.3) is 0 Å². The number of nitrogens with one attached hydrogen (secondary N) is 1. The molecule has 9 heteroatoms. The van der Waals surface area contributed by atoms with Gasteiger partial charge in [0.15, 0.2) is 0 Å². The first-order valence-corrected chi connectivity index (χ1v) is 6.75. The van der Waals surface area contributed by atoms with Crippen molar-refractivity contribution in [3.05, 3.63) is 45.1 Å². The van der Waals surface area contributed by atoms with Gasteiger partial charge in [-0.3, -0.25) is 4.79 Å². The molecule has 3 N–H and O–H groups in total. The second kappa shape index (κ2) is 5.01. The maximum absolute atomic E-state index is 11.8. The predicted octanol–water partition coefficient (Wildman–Crippen LogP) is 1.75. The van der Waals surface area contributed by atoms with Gasteiger partial charge in [-0.25, -0.2) is 0 Å². The molecule has 108 valence electrons. The summed E-state index contributed by atoms with van der Waals surface area (Å²) in [4.78, 5) is 11.8. The maximum atomic E-state index is 11.8. The lowest BCUT2D eigenvalue weighted by atomic mass is 9.95. The number of fused-ring (bicyclic) bond motifs is 1. The molecular weight excluding hydrogens is 315 g/mol. The van der Waals surface area contributed by atoms with Crippen LogP contribution in [0.1, 0.15) is 18.5 Å². The Labute approximate surface area is 129 Å². The van der Waals surface area contributed by atoms with Crippen molar-refractivity contribution in [2.75, 3.05) is 5.32 Å². The van der Waals surface area contributed by atoms with Crippen LogP contribution in [0.5, 0.6) is 0 Å². The zero-order valence-electron chi connectivity index (χ0n) is 10.8. The van der Waals surface area contributed by atoms with Crippen molar-refractivity contribution in [1.82, 2.24) is 20.2 Å². The highest BCUT2D eigenvalue weighted by atomic mass is 35.5. The maximum Gasteiger partial charge on any atom is 0.248 e. The molecule has 3 rings (SSSR count). The summed E-state index contributed by atoms with van der Waals surface area (Å²) < 4.78 is 1.46. The summed E-state index contributed by atoms with van der Waals surface area (Å²) in [7, 11) is 0. The molecule has 2 aromatic rings. The zero-order valence-corrected chi connectivity index (χ0v) is 12.4. The van der Waals surface area contributed by atoms with Crippen LogP contribution in [-0.4, -0.2) is 26.1 Å². The molecule has 0 fully saturated rings. The minimum absolute atomic E-state index is 0.346. The fourth-order valence-corrected chi connectivity index (χ4v) is 2.85. The van der Waals surface area contributed by atoms with Gasteiger partial charge < -0.3 is 11.1 Å². The van der Waals surface area contributed by atoms with E-state index in [0.717, 1.165) is 0 Å². The predicted molar refractivity (Wildman–Crippen MR) is 77.9 cm³/mol. The standard InChI is InChI=1S/C12H10Cl2N6O/c1-5-9(11(15)21)10(20-12(16-5)17-18-19-20)7-3-2-6(13)4-8(7)14/h2-4,10H,1H3,(H2,15,21)(H,16,17,19)/t10-/m0/s1. The lowest BCUT2D eigenvalue weighted by molar-refractivity contribution is -0.115. The van der Waals surface area contributed by atoms with Gasteiger partial charge in [0.05, 0.1) is 5.57 Å². The zero-order chi connectivity index (χ0) is 15.1. The van der Waals surface area contributed by atoms with Gasteiger partial charge in [0, 0.05) is 21.3 Å². The van der Waals surface area contributed by atoms with Gasteiger partial charge in [0.1, 0.15) is 6.04 Å². The number of amides is 1. The van der Waals surface area contributed by atoms with Gasteiger partial charge >= 0.3 is 0 Å². The first-order valence-electron chi connectivity index (χ1n) is 5.99. The number of primary amides is 1. The Hall–Kier alpha value is -2.12. The molecule has 0 unspecified atom stereocenters. The highest BCUT2D eigenvalue weighted by Crippen LogP contribution is 2.37. The molecule has 0 saturated carbocycles. The monoisotopic (exact) mass is 324 g/mol. The van der Waals surface area contributed by atoms with E-state index in [9.17, 15) is 4.79 Å². The van der Waals surface area contributed by atoms with Crippen LogP contribution >= 0.6 is 23.2 Å². The highest BCUT2D eigenvalue weighted by Gasteiger charge is 2.34. The van der Waals surface area contributed by atoms with E-state index in [1.807, 2.05) is 0 Å². The van der Waals surface area contributed by atoms with Gasteiger partial charge in [-0.05, 0) is 29.5 Å². The molecule has 1 amide bonds. The fraction of sp³-hybridized carbons (Fsp3) is 0.167. The summed E-state index contributed by atoms with van der Waals surface area (Å²) >= 11 is 12.2. The van der Waals surface area contributed by atoms with Crippen LogP contribution in [0.2, 0.25) is 10.0 Å². The third-order valence-corrected chi connectivity index (χ3v) is 3.80. The smallest absolute Gasteiger partial charge is 0.248 e. The summed E-state index contributed by atoms with van der Waals surface area (Å²) in [6.45, 7) is 1.73. The van der Waals surface area contributed by atoms with E-state index in [0.29, 0.717) is 32.8 Å². The molecule has 1 aromatic heterocycles. The Morgan fingerprint density at radius 3 is 2.86 bits per heavy atom. The van der Waals surface area contributed by atoms with E-state index in [4.69, 9.17) is 28.9 Å². The number of anilines is 1. The number of hydrogen-bond acceptors (Lipinski definition) is 5. The molecule has 1 aromatic carbocycles. The second-order valence-electron chi connectivity index (χ2n) is 4.54. The average Bonchev–Trinajstić information content (AvgIpc) is 2.84. The molecule has 1 aliphatic rings. The fourth-order valence-electron chi connectivity index (χ4n) is 2.34. The number of nitrogens with zero attached hydrogens (tertiary/aromatic N) is 4. The summed E-state index contributed by atoms with van der Waals surface area (Å²) in [5.41, 5.74) is 7.08. The average molecular weight is 325 g/mol. The van der Waals surface area contributed by atoms with E-state index in [-0.39, 0.29) is 0 Å². The molecule has 0 saturated heterocycles. The molecule has 0 spiro atoms. The topological polar surface area (TPSA) is 98.7 Å². The molecule has 0 bridgehead atoms. The Morgan fingerprint density at radius 1 is 1.43 bits per heavy atom. The molecule has 2 heterocycles. The number of benzene rings is 1. The van der Waals surface area contributed by atoms with Crippen molar-refractivity contribution in [3.8, 4) is 0 Å². The number of aromatic nitrogens is 4. The van der Waals surface area contributed by atoms with Crippen molar-refractivity contribution >= 4 is 35.1 Å². The minimum atomic E-state index is -0.599. The van der Waals surface area contributed by atoms with Crippen LogP contribution in [-0.2, 0) is 4.79 Å². The van der Waals surface area contributed by atoms with Crippen LogP contribution in [0, 0.1) is 0 Å². The largest absolute Gasteiger partial charge is 0.366 e. The third-order valence-electron chi connectivity index (χ3n) is 3.24. The lowest BCUT2D eigenvalue weighted by Gasteiger charge is -2.27. The molecule has 7 nitrogen and oxygen atoms in total. The van der Waals surface area contributed by atoms with Crippen molar-refractivity contribution in [2.45, 2.75) is 13.0 Å². The van der Waals surface area contributed by atoms with Crippen molar-refractivity contribution < 1.29 is 4.79 Å². The van der Waals surface area contributed by atoms with Crippen molar-refractivity contribution in [3.63, 3.8) is 0 Å². The summed E-state index contributed by atoms with van der Waals surface area (Å²) in [5, 5.41) is 15.2. The summed E-state index contributed by atoms with van der Waals surface area (Å²) in [6, 6.07) is 4.40. The molecule has 0 aliphatic carbocycles. The minimum Gasteiger partial charge on any atom is -0.366 e. The first-order chi connectivity index (χ1) is 9.99. The molecule has 0 radical (unpaired) electrons. The van der Waals surface area contributed by atoms with Crippen molar-refractivity contribution in [1.29, 1.82) is 0 Å². The number of halogens is 2. The summed E-state index contributed by atoms with van der Waals surface area (Å²) in [5.74, 6) is -0.161.